The van der Waals surface area contributed by atoms with Gasteiger partial charge in [-0.2, -0.15) is 0 Å². The topological polar surface area (TPSA) is 45.8 Å². The average molecular weight is 345 g/mol. The van der Waals surface area contributed by atoms with Crippen LogP contribution in [0.5, 0.6) is 5.75 Å². The first-order valence-corrected chi connectivity index (χ1v) is 9.08. The summed E-state index contributed by atoms with van der Waals surface area (Å²) >= 11 is 0. The lowest BCUT2D eigenvalue weighted by Crippen LogP contribution is -2.36. The molecule has 4 heteroatoms. The molecule has 0 aliphatic rings. The predicted octanol–water partition coefficient (Wildman–Crippen LogP) is 4.18. The third-order valence-corrected chi connectivity index (χ3v) is 4.19. The molecule has 0 radical (unpaired) electrons. The molecule has 25 heavy (non-hydrogen) atoms. The van der Waals surface area contributed by atoms with E-state index in [-0.39, 0.29) is 0 Å². The van der Waals surface area contributed by atoms with Crippen LogP contribution in [0, 0.1) is 19.8 Å². The van der Waals surface area contributed by atoms with Gasteiger partial charge in [-0.05, 0) is 56.5 Å². The molecule has 4 nitrogen and oxygen atoms in total. The van der Waals surface area contributed by atoms with E-state index in [0.29, 0.717) is 25.6 Å². The van der Waals surface area contributed by atoms with E-state index in [1.807, 2.05) is 50.2 Å². The summed E-state index contributed by atoms with van der Waals surface area (Å²) in [7, 11) is 0. The first-order chi connectivity index (χ1) is 11.9. The number of nitrogens with zero attached hydrogens (tertiary/aromatic N) is 1. The van der Waals surface area contributed by atoms with E-state index in [1.54, 1.807) is 0 Å². The van der Waals surface area contributed by atoms with Crippen LogP contribution >= 0.6 is 0 Å². The van der Waals surface area contributed by atoms with Gasteiger partial charge in [0.15, 0.2) is 0 Å². The molecule has 1 atom stereocenters. The van der Waals surface area contributed by atoms with Crippen LogP contribution in [0.25, 0.3) is 0 Å². The Kier molecular flexibility index (Phi) is 7.53. The minimum absolute atomic E-state index is 0.292. The van der Waals surface area contributed by atoms with Crippen molar-refractivity contribution in [3.05, 3.63) is 53.5 Å². The molecule has 0 fully saturated rings. The number of para-hydroxylation sites is 1. The highest BCUT2D eigenvalue weighted by molar-refractivity contribution is 5.31. The molecular weight excluding hydrogens is 314 g/mol. The van der Waals surface area contributed by atoms with Gasteiger partial charge in [-0.1, -0.05) is 32.0 Å². The SMILES string of the molecule is Cc1ccc(CN(CCC(C)C)C[C@@H](O)COc2ccccc2C)o1. The van der Waals surface area contributed by atoms with Gasteiger partial charge in [0.25, 0.3) is 0 Å². The number of rotatable bonds is 10. The molecular formula is C21H31NO3. The summed E-state index contributed by atoms with van der Waals surface area (Å²) in [4.78, 5) is 2.24. The summed E-state index contributed by atoms with van der Waals surface area (Å²) in [6.45, 7) is 10.9. The van der Waals surface area contributed by atoms with Crippen molar-refractivity contribution >= 4 is 0 Å². The first kappa shape index (κ1) is 19.5. The van der Waals surface area contributed by atoms with Crippen molar-refractivity contribution in [1.82, 2.24) is 4.90 Å². The summed E-state index contributed by atoms with van der Waals surface area (Å²) in [6.07, 6.45) is 0.549. The van der Waals surface area contributed by atoms with Crippen LogP contribution in [0.3, 0.4) is 0 Å². The molecule has 1 heterocycles. The van der Waals surface area contributed by atoms with E-state index >= 15 is 0 Å². The molecule has 0 aliphatic carbocycles. The minimum Gasteiger partial charge on any atom is -0.491 e. The lowest BCUT2D eigenvalue weighted by atomic mass is 10.1. The molecule has 0 aliphatic heterocycles. The van der Waals surface area contributed by atoms with Crippen LogP contribution in [-0.2, 0) is 6.54 Å². The van der Waals surface area contributed by atoms with Crippen LogP contribution in [0.2, 0.25) is 0 Å². The second kappa shape index (κ2) is 9.64. The number of ether oxygens (including phenoxy) is 1. The van der Waals surface area contributed by atoms with E-state index in [9.17, 15) is 5.11 Å². The predicted molar refractivity (Wildman–Crippen MR) is 101 cm³/mol. The zero-order valence-electron chi connectivity index (χ0n) is 15.9. The fraction of sp³-hybridized carbons (Fsp3) is 0.524. The number of furan rings is 1. The monoisotopic (exact) mass is 345 g/mol. The Morgan fingerprint density at radius 1 is 1.12 bits per heavy atom. The van der Waals surface area contributed by atoms with Crippen molar-refractivity contribution in [3.8, 4) is 5.75 Å². The fourth-order valence-electron chi connectivity index (χ4n) is 2.72. The molecule has 0 amide bonds. The quantitative estimate of drug-likeness (QED) is 0.701. The van der Waals surface area contributed by atoms with Crippen molar-refractivity contribution in [2.45, 2.75) is 46.8 Å². The van der Waals surface area contributed by atoms with E-state index < -0.39 is 6.10 Å². The molecule has 1 aromatic heterocycles. The Balaban J connectivity index is 1.88. The second-order valence-electron chi connectivity index (χ2n) is 7.16. The number of aliphatic hydroxyl groups excluding tert-OH is 1. The van der Waals surface area contributed by atoms with Gasteiger partial charge in [0, 0.05) is 6.54 Å². The Hall–Kier alpha value is -1.78. The highest BCUT2D eigenvalue weighted by Crippen LogP contribution is 2.17. The molecule has 138 valence electrons. The van der Waals surface area contributed by atoms with Crippen molar-refractivity contribution in [3.63, 3.8) is 0 Å². The van der Waals surface area contributed by atoms with Gasteiger partial charge in [-0.15, -0.1) is 0 Å². The number of benzene rings is 1. The second-order valence-corrected chi connectivity index (χ2v) is 7.16. The van der Waals surface area contributed by atoms with Crippen molar-refractivity contribution in [1.29, 1.82) is 0 Å². The molecule has 0 spiro atoms. The zero-order chi connectivity index (χ0) is 18.2. The van der Waals surface area contributed by atoms with Crippen LogP contribution < -0.4 is 4.74 Å². The summed E-state index contributed by atoms with van der Waals surface area (Å²) in [5.41, 5.74) is 1.08. The standard InChI is InChI=1S/C21H31NO3/c1-16(2)11-12-22(14-20-10-9-18(4)25-20)13-19(23)15-24-21-8-6-5-7-17(21)3/h5-10,16,19,23H,11-15H2,1-4H3/t19-/m1/s1. The molecule has 0 unspecified atom stereocenters. The van der Waals surface area contributed by atoms with Gasteiger partial charge in [0.05, 0.1) is 6.54 Å². The van der Waals surface area contributed by atoms with Crippen LogP contribution in [0.15, 0.2) is 40.8 Å². The Morgan fingerprint density at radius 2 is 1.88 bits per heavy atom. The van der Waals surface area contributed by atoms with Gasteiger partial charge < -0.3 is 14.3 Å². The zero-order valence-corrected chi connectivity index (χ0v) is 15.9. The first-order valence-electron chi connectivity index (χ1n) is 9.08. The van der Waals surface area contributed by atoms with E-state index in [2.05, 4.69) is 18.7 Å². The summed E-state index contributed by atoms with van der Waals surface area (Å²) in [5.74, 6) is 3.31. The summed E-state index contributed by atoms with van der Waals surface area (Å²) in [5, 5.41) is 10.4. The van der Waals surface area contributed by atoms with Crippen molar-refractivity contribution in [2.24, 2.45) is 5.92 Å². The average Bonchev–Trinajstić information content (AvgIpc) is 2.97. The number of aliphatic hydroxyl groups is 1. The Bertz CT molecular complexity index is 636. The van der Waals surface area contributed by atoms with Crippen molar-refractivity contribution in [2.75, 3.05) is 19.7 Å². The van der Waals surface area contributed by atoms with Gasteiger partial charge >= 0.3 is 0 Å². The lowest BCUT2D eigenvalue weighted by molar-refractivity contribution is 0.0613. The number of aryl methyl sites for hydroxylation is 2. The smallest absolute Gasteiger partial charge is 0.122 e. The molecule has 2 rings (SSSR count). The summed E-state index contributed by atoms with van der Waals surface area (Å²) < 4.78 is 11.5. The van der Waals surface area contributed by atoms with Crippen LogP contribution in [0.1, 0.15) is 37.4 Å². The van der Waals surface area contributed by atoms with Gasteiger partial charge in [-0.25, -0.2) is 0 Å². The largest absolute Gasteiger partial charge is 0.491 e. The van der Waals surface area contributed by atoms with Crippen LogP contribution in [0.4, 0.5) is 0 Å². The molecule has 1 aromatic carbocycles. The lowest BCUT2D eigenvalue weighted by Gasteiger charge is -2.25. The van der Waals surface area contributed by atoms with Crippen LogP contribution in [-0.4, -0.2) is 35.8 Å². The number of hydrogen-bond donors (Lipinski definition) is 1. The van der Waals surface area contributed by atoms with Gasteiger partial charge in [0.2, 0.25) is 0 Å². The van der Waals surface area contributed by atoms with Crippen molar-refractivity contribution < 1.29 is 14.3 Å². The highest BCUT2D eigenvalue weighted by atomic mass is 16.5. The maximum Gasteiger partial charge on any atom is 0.122 e. The fourth-order valence-corrected chi connectivity index (χ4v) is 2.72. The van der Waals surface area contributed by atoms with E-state index in [1.165, 1.54) is 0 Å². The minimum atomic E-state index is -0.539. The molecule has 0 saturated carbocycles. The van der Waals surface area contributed by atoms with Gasteiger partial charge in [0.1, 0.15) is 30.0 Å². The number of hydrogen-bond acceptors (Lipinski definition) is 4. The summed E-state index contributed by atoms with van der Waals surface area (Å²) in [6, 6.07) is 11.9. The normalized spacial score (nSPS) is 12.8. The Labute approximate surface area is 151 Å². The maximum atomic E-state index is 10.4. The Morgan fingerprint density at radius 3 is 2.52 bits per heavy atom. The molecule has 0 saturated heterocycles. The van der Waals surface area contributed by atoms with E-state index in [4.69, 9.17) is 9.15 Å². The highest BCUT2D eigenvalue weighted by Gasteiger charge is 2.15. The van der Waals surface area contributed by atoms with Gasteiger partial charge in [-0.3, -0.25) is 4.90 Å². The third kappa shape index (κ3) is 6.92. The van der Waals surface area contributed by atoms with E-state index in [0.717, 1.165) is 35.8 Å². The molecule has 0 bridgehead atoms. The molecule has 2 aromatic rings. The third-order valence-electron chi connectivity index (χ3n) is 4.19. The molecule has 1 N–H and O–H groups in total. The maximum absolute atomic E-state index is 10.4.